The smallest absolute Gasteiger partial charge is 0.407 e. The summed E-state index contributed by atoms with van der Waals surface area (Å²) in [6, 6.07) is -0.413. The lowest BCUT2D eigenvalue weighted by molar-refractivity contribution is -0.138. The molecule has 0 saturated carbocycles. The van der Waals surface area contributed by atoms with Crippen molar-refractivity contribution in [3.05, 3.63) is 0 Å². The van der Waals surface area contributed by atoms with Gasteiger partial charge >= 0.3 is 12.1 Å². The van der Waals surface area contributed by atoms with Gasteiger partial charge in [0.05, 0.1) is 12.3 Å². The van der Waals surface area contributed by atoms with Crippen molar-refractivity contribution in [2.75, 3.05) is 6.54 Å². The molecule has 0 heterocycles. The summed E-state index contributed by atoms with van der Waals surface area (Å²) in [6.07, 6.45) is -0.109. The molecule has 0 fully saturated rings. The molecule has 0 aliphatic rings. The van der Waals surface area contributed by atoms with Gasteiger partial charge in [-0.1, -0.05) is 20.8 Å². The number of alkyl carbamates (subject to hydrolysis) is 1. The monoisotopic (exact) mass is 330 g/mol. The van der Waals surface area contributed by atoms with Crippen LogP contribution in [0.4, 0.5) is 4.79 Å². The van der Waals surface area contributed by atoms with Crippen LogP contribution in [0.15, 0.2) is 0 Å². The summed E-state index contributed by atoms with van der Waals surface area (Å²) in [5, 5.41) is 14.2. The lowest BCUT2D eigenvalue weighted by Gasteiger charge is -2.23. The summed E-state index contributed by atoms with van der Waals surface area (Å²) in [5.74, 6) is -1.44. The molecule has 23 heavy (non-hydrogen) atoms. The van der Waals surface area contributed by atoms with Crippen molar-refractivity contribution in [1.82, 2.24) is 10.6 Å². The number of ether oxygens (including phenoxy) is 1. The summed E-state index contributed by atoms with van der Waals surface area (Å²) in [4.78, 5) is 34.5. The third kappa shape index (κ3) is 11.4. The van der Waals surface area contributed by atoms with Gasteiger partial charge in [-0.2, -0.15) is 0 Å². The SMILES string of the molecule is CC(C)CC(CC(=O)O)NC(=O)C(C)CNC(=O)OC(C)(C)C. The molecule has 0 radical (unpaired) electrons. The Kier molecular flexibility index (Phi) is 8.64. The largest absolute Gasteiger partial charge is 0.481 e. The number of carboxylic acid groups (broad SMARTS) is 1. The Balaban J connectivity index is 4.40. The van der Waals surface area contributed by atoms with Crippen molar-refractivity contribution in [1.29, 1.82) is 0 Å². The van der Waals surface area contributed by atoms with E-state index in [1.807, 2.05) is 13.8 Å². The Hall–Kier alpha value is -1.79. The summed E-state index contributed by atoms with van der Waals surface area (Å²) < 4.78 is 5.09. The van der Waals surface area contributed by atoms with E-state index < -0.39 is 29.6 Å². The highest BCUT2D eigenvalue weighted by molar-refractivity contribution is 5.80. The number of carboxylic acids is 1. The van der Waals surface area contributed by atoms with Crippen LogP contribution in [0.5, 0.6) is 0 Å². The number of nitrogens with one attached hydrogen (secondary N) is 2. The van der Waals surface area contributed by atoms with E-state index >= 15 is 0 Å². The molecule has 0 aliphatic heterocycles. The summed E-state index contributed by atoms with van der Waals surface area (Å²) in [6.45, 7) is 11.0. The van der Waals surface area contributed by atoms with Crippen molar-refractivity contribution < 1.29 is 24.2 Å². The topological polar surface area (TPSA) is 105 Å². The molecule has 0 aromatic heterocycles. The number of aliphatic carboxylic acids is 1. The van der Waals surface area contributed by atoms with Gasteiger partial charge in [-0.25, -0.2) is 4.79 Å². The maximum Gasteiger partial charge on any atom is 0.407 e. The van der Waals surface area contributed by atoms with E-state index in [2.05, 4.69) is 10.6 Å². The fourth-order valence-corrected chi connectivity index (χ4v) is 1.96. The molecular formula is C16H30N2O5. The first-order valence-corrected chi connectivity index (χ1v) is 7.89. The minimum absolute atomic E-state index is 0.115. The third-order valence-electron chi connectivity index (χ3n) is 2.92. The van der Waals surface area contributed by atoms with Gasteiger partial charge in [0.2, 0.25) is 5.91 Å². The molecule has 2 unspecified atom stereocenters. The average molecular weight is 330 g/mol. The fraction of sp³-hybridized carbons (Fsp3) is 0.812. The normalized spacial score (nSPS) is 14.0. The van der Waals surface area contributed by atoms with Crippen LogP contribution in [0.25, 0.3) is 0 Å². The molecule has 0 aliphatic carbocycles. The molecule has 7 nitrogen and oxygen atoms in total. The van der Waals surface area contributed by atoms with E-state index in [4.69, 9.17) is 9.84 Å². The Morgan fingerprint density at radius 3 is 2.13 bits per heavy atom. The standard InChI is InChI=1S/C16H30N2O5/c1-10(2)7-12(8-13(19)20)18-14(21)11(3)9-17-15(22)23-16(4,5)6/h10-12H,7-9H2,1-6H3,(H,17,22)(H,18,21)(H,19,20). The van der Waals surface area contributed by atoms with Crippen LogP contribution in [0, 0.1) is 11.8 Å². The zero-order valence-corrected chi connectivity index (χ0v) is 14.9. The second-order valence-electron chi connectivity index (χ2n) is 7.22. The number of carbonyl (C=O) groups is 3. The molecule has 0 spiro atoms. The minimum atomic E-state index is -0.949. The lowest BCUT2D eigenvalue weighted by atomic mass is 10.00. The fourth-order valence-electron chi connectivity index (χ4n) is 1.96. The lowest BCUT2D eigenvalue weighted by Crippen LogP contribution is -2.44. The second-order valence-corrected chi connectivity index (χ2v) is 7.22. The summed E-state index contributed by atoms with van der Waals surface area (Å²) >= 11 is 0. The van der Waals surface area contributed by atoms with Crippen molar-refractivity contribution in [3.63, 3.8) is 0 Å². The molecule has 0 saturated heterocycles. The molecule has 2 amide bonds. The average Bonchev–Trinajstić information content (AvgIpc) is 2.31. The van der Waals surface area contributed by atoms with Crippen molar-refractivity contribution in [3.8, 4) is 0 Å². The third-order valence-corrected chi connectivity index (χ3v) is 2.92. The molecule has 0 aromatic rings. The number of amides is 2. The number of rotatable bonds is 8. The Labute approximate surface area is 138 Å². The van der Waals surface area contributed by atoms with Crippen molar-refractivity contribution >= 4 is 18.0 Å². The van der Waals surface area contributed by atoms with Crippen LogP contribution in [0.2, 0.25) is 0 Å². The molecule has 134 valence electrons. The molecule has 3 N–H and O–H groups in total. The first-order chi connectivity index (χ1) is 10.4. The summed E-state index contributed by atoms with van der Waals surface area (Å²) in [5.41, 5.74) is -0.598. The first kappa shape index (κ1) is 21.2. The van der Waals surface area contributed by atoms with Crippen molar-refractivity contribution in [2.45, 2.75) is 66.0 Å². The first-order valence-electron chi connectivity index (χ1n) is 7.89. The predicted octanol–water partition coefficient (Wildman–Crippen LogP) is 2.15. The highest BCUT2D eigenvalue weighted by Crippen LogP contribution is 2.10. The zero-order valence-electron chi connectivity index (χ0n) is 14.9. The number of hydrogen-bond donors (Lipinski definition) is 3. The quantitative estimate of drug-likeness (QED) is 0.632. The van der Waals surface area contributed by atoms with Gasteiger partial charge in [-0.15, -0.1) is 0 Å². The van der Waals surface area contributed by atoms with Gasteiger partial charge < -0.3 is 20.5 Å². The summed E-state index contributed by atoms with van der Waals surface area (Å²) in [7, 11) is 0. The van der Waals surface area contributed by atoms with Gasteiger partial charge in [0, 0.05) is 12.6 Å². The van der Waals surface area contributed by atoms with E-state index in [0.717, 1.165) is 0 Å². The Morgan fingerprint density at radius 2 is 1.70 bits per heavy atom. The van der Waals surface area contributed by atoms with Gasteiger partial charge in [-0.05, 0) is 33.1 Å². The number of hydrogen-bond acceptors (Lipinski definition) is 4. The van der Waals surface area contributed by atoms with Gasteiger partial charge in [0.25, 0.3) is 0 Å². The van der Waals surface area contributed by atoms with Crippen molar-refractivity contribution in [2.24, 2.45) is 11.8 Å². The maximum atomic E-state index is 12.1. The van der Waals surface area contributed by atoms with E-state index in [0.29, 0.717) is 6.42 Å². The van der Waals surface area contributed by atoms with E-state index in [-0.39, 0.29) is 24.8 Å². The van der Waals surface area contributed by atoms with Crippen LogP contribution in [-0.2, 0) is 14.3 Å². The van der Waals surface area contributed by atoms with Gasteiger partial charge in [0.15, 0.2) is 0 Å². The predicted molar refractivity (Wildman–Crippen MR) is 87.0 cm³/mol. The highest BCUT2D eigenvalue weighted by atomic mass is 16.6. The zero-order chi connectivity index (χ0) is 18.2. The molecule has 0 rings (SSSR count). The van der Waals surface area contributed by atoms with Crippen LogP contribution >= 0.6 is 0 Å². The number of carbonyl (C=O) groups excluding carboxylic acids is 2. The van der Waals surface area contributed by atoms with Crippen LogP contribution in [0.1, 0.15) is 54.4 Å². The molecule has 0 aromatic carbocycles. The van der Waals surface area contributed by atoms with E-state index in [1.54, 1.807) is 27.7 Å². The highest BCUT2D eigenvalue weighted by Gasteiger charge is 2.22. The Bertz CT molecular complexity index is 415. The van der Waals surface area contributed by atoms with E-state index in [1.165, 1.54) is 0 Å². The van der Waals surface area contributed by atoms with Crippen LogP contribution in [0.3, 0.4) is 0 Å². The molecule has 7 heteroatoms. The van der Waals surface area contributed by atoms with E-state index in [9.17, 15) is 14.4 Å². The molecule has 2 atom stereocenters. The minimum Gasteiger partial charge on any atom is -0.481 e. The second kappa shape index (κ2) is 9.37. The molecular weight excluding hydrogens is 300 g/mol. The van der Waals surface area contributed by atoms with Crippen LogP contribution in [-0.4, -0.2) is 41.3 Å². The maximum absolute atomic E-state index is 12.1. The Morgan fingerprint density at radius 1 is 1.13 bits per heavy atom. The van der Waals surface area contributed by atoms with Crippen LogP contribution < -0.4 is 10.6 Å². The van der Waals surface area contributed by atoms with Gasteiger partial charge in [-0.3, -0.25) is 9.59 Å². The van der Waals surface area contributed by atoms with Gasteiger partial charge in [0.1, 0.15) is 5.60 Å². The molecule has 0 bridgehead atoms.